The molecule has 2 unspecified atom stereocenters. The lowest BCUT2D eigenvalue weighted by atomic mass is 10.2. The van der Waals surface area contributed by atoms with Crippen molar-refractivity contribution in [2.45, 2.75) is 42.8 Å². The summed E-state index contributed by atoms with van der Waals surface area (Å²) in [5.41, 5.74) is 1.36. The zero-order valence-corrected chi connectivity index (χ0v) is 19.4. The quantitative estimate of drug-likeness (QED) is 0.635. The number of nitrogens with one attached hydrogen (secondary N) is 1. The summed E-state index contributed by atoms with van der Waals surface area (Å²) in [5, 5.41) is 12.0. The Hall–Kier alpha value is -2.63. The highest BCUT2D eigenvalue weighted by Gasteiger charge is 2.32. The molecule has 5 rings (SSSR count). The zero-order chi connectivity index (χ0) is 22.8. The van der Waals surface area contributed by atoms with E-state index in [0.717, 1.165) is 38.5 Å². The van der Waals surface area contributed by atoms with Gasteiger partial charge in [0, 0.05) is 19.7 Å². The number of thioether (sulfide) groups is 1. The number of benzene rings is 1. The summed E-state index contributed by atoms with van der Waals surface area (Å²) in [7, 11) is 0. The molecule has 1 N–H and O–H groups in total. The highest BCUT2D eigenvalue weighted by atomic mass is 32.2. The highest BCUT2D eigenvalue weighted by molar-refractivity contribution is 8.00. The minimum absolute atomic E-state index is 0.00236. The first-order chi connectivity index (χ1) is 16.1. The van der Waals surface area contributed by atoms with Crippen molar-refractivity contribution >= 4 is 40.9 Å². The van der Waals surface area contributed by atoms with E-state index in [1.165, 1.54) is 11.8 Å². The SMILES string of the molecule is CC(Sc1nnc(N2CCOCC2)n1CC1CCCO1)C(=O)N1CC(=O)Nc2ccccc21. The van der Waals surface area contributed by atoms with Crippen molar-refractivity contribution < 1.29 is 19.1 Å². The lowest BCUT2D eigenvalue weighted by Gasteiger charge is -2.31. The highest BCUT2D eigenvalue weighted by Crippen LogP contribution is 2.33. The van der Waals surface area contributed by atoms with Crippen molar-refractivity contribution in [1.82, 2.24) is 14.8 Å². The number of amides is 2. The van der Waals surface area contributed by atoms with Gasteiger partial charge in [0.15, 0.2) is 5.16 Å². The second-order valence-corrected chi connectivity index (χ2v) is 9.69. The van der Waals surface area contributed by atoms with E-state index >= 15 is 0 Å². The van der Waals surface area contributed by atoms with Crippen LogP contribution in [0.2, 0.25) is 0 Å². The van der Waals surface area contributed by atoms with Gasteiger partial charge in [-0.1, -0.05) is 23.9 Å². The Balaban J connectivity index is 1.37. The van der Waals surface area contributed by atoms with Crippen LogP contribution in [0.25, 0.3) is 0 Å². The van der Waals surface area contributed by atoms with Crippen molar-refractivity contribution in [2.75, 3.05) is 54.6 Å². The van der Waals surface area contributed by atoms with E-state index in [0.29, 0.717) is 36.3 Å². The molecule has 33 heavy (non-hydrogen) atoms. The summed E-state index contributed by atoms with van der Waals surface area (Å²) in [6.07, 6.45) is 2.16. The van der Waals surface area contributed by atoms with Crippen molar-refractivity contribution in [3.8, 4) is 0 Å². The molecular formula is C22H28N6O4S. The number of ether oxygens (including phenoxy) is 2. The predicted molar refractivity (Wildman–Crippen MR) is 125 cm³/mol. The van der Waals surface area contributed by atoms with Crippen LogP contribution in [-0.4, -0.2) is 77.4 Å². The molecule has 0 bridgehead atoms. The molecule has 11 heteroatoms. The third-order valence-electron chi connectivity index (χ3n) is 6.07. The number of para-hydroxylation sites is 2. The molecule has 2 aromatic rings. The zero-order valence-electron chi connectivity index (χ0n) is 18.6. The van der Waals surface area contributed by atoms with Crippen LogP contribution in [-0.2, 0) is 25.6 Å². The summed E-state index contributed by atoms with van der Waals surface area (Å²) in [5.74, 6) is 0.455. The Bertz CT molecular complexity index is 1020. The molecule has 0 radical (unpaired) electrons. The number of anilines is 3. The van der Waals surface area contributed by atoms with Gasteiger partial charge in [-0.05, 0) is 31.9 Å². The summed E-state index contributed by atoms with van der Waals surface area (Å²) in [6.45, 7) is 6.08. The van der Waals surface area contributed by atoms with Gasteiger partial charge < -0.3 is 19.7 Å². The number of hydrogen-bond acceptors (Lipinski definition) is 8. The molecule has 10 nitrogen and oxygen atoms in total. The standard InChI is InChI=1S/C22H28N6O4S/c1-15(20(30)27-14-19(29)23-17-6-2-3-7-18(17)27)33-22-25-24-21(26-8-11-31-12-9-26)28(22)13-16-5-4-10-32-16/h2-3,6-7,15-16H,4-5,8-14H2,1H3,(H,23,29). The Labute approximate surface area is 196 Å². The Morgan fingerprint density at radius 3 is 2.85 bits per heavy atom. The second kappa shape index (κ2) is 9.70. The van der Waals surface area contributed by atoms with E-state index in [1.54, 1.807) is 11.0 Å². The third kappa shape index (κ3) is 4.71. The van der Waals surface area contributed by atoms with Crippen LogP contribution in [0.3, 0.4) is 0 Å². The monoisotopic (exact) mass is 472 g/mol. The average molecular weight is 473 g/mol. The van der Waals surface area contributed by atoms with E-state index in [-0.39, 0.29) is 24.5 Å². The molecule has 3 aliphatic rings. The molecule has 2 fully saturated rings. The van der Waals surface area contributed by atoms with E-state index < -0.39 is 5.25 Å². The fourth-order valence-electron chi connectivity index (χ4n) is 4.38. The first-order valence-electron chi connectivity index (χ1n) is 11.3. The number of morpholine rings is 1. The van der Waals surface area contributed by atoms with Crippen molar-refractivity contribution in [1.29, 1.82) is 0 Å². The van der Waals surface area contributed by atoms with Crippen LogP contribution in [0.15, 0.2) is 29.4 Å². The average Bonchev–Trinajstić information content (AvgIpc) is 3.49. The van der Waals surface area contributed by atoms with Gasteiger partial charge in [0.25, 0.3) is 0 Å². The number of carbonyl (C=O) groups excluding carboxylic acids is 2. The summed E-state index contributed by atoms with van der Waals surface area (Å²) in [4.78, 5) is 29.3. The fourth-order valence-corrected chi connectivity index (χ4v) is 5.29. The maximum Gasteiger partial charge on any atom is 0.244 e. The van der Waals surface area contributed by atoms with Gasteiger partial charge in [-0.15, -0.1) is 10.2 Å². The predicted octanol–water partition coefficient (Wildman–Crippen LogP) is 1.76. The number of aromatic nitrogens is 3. The molecular weight excluding hydrogens is 444 g/mol. The molecule has 0 spiro atoms. The van der Waals surface area contributed by atoms with Crippen LogP contribution >= 0.6 is 11.8 Å². The Kier molecular flexibility index (Phi) is 6.52. The van der Waals surface area contributed by atoms with Gasteiger partial charge in [0.1, 0.15) is 6.54 Å². The van der Waals surface area contributed by atoms with Crippen molar-refractivity contribution in [3.05, 3.63) is 24.3 Å². The van der Waals surface area contributed by atoms with Crippen molar-refractivity contribution in [3.63, 3.8) is 0 Å². The lowest BCUT2D eigenvalue weighted by molar-refractivity contribution is -0.121. The van der Waals surface area contributed by atoms with E-state index in [9.17, 15) is 9.59 Å². The maximum atomic E-state index is 13.4. The second-order valence-electron chi connectivity index (χ2n) is 8.38. The van der Waals surface area contributed by atoms with Gasteiger partial charge in [-0.2, -0.15) is 0 Å². The van der Waals surface area contributed by atoms with E-state index in [2.05, 4.69) is 25.0 Å². The number of rotatable bonds is 6. The summed E-state index contributed by atoms with van der Waals surface area (Å²) < 4.78 is 13.4. The summed E-state index contributed by atoms with van der Waals surface area (Å²) >= 11 is 1.37. The number of carbonyl (C=O) groups is 2. The first-order valence-corrected chi connectivity index (χ1v) is 12.2. The van der Waals surface area contributed by atoms with E-state index in [1.807, 2.05) is 25.1 Å². The summed E-state index contributed by atoms with van der Waals surface area (Å²) in [6, 6.07) is 7.35. The smallest absolute Gasteiger partial charge is 0.244 e. The molecule has 0 aliphatic carbocycles. The molecule has 0 saturated carbocycles. The molecule has 2 atom stereocenters. The first kappa shape index (κ1) is 22.2. The van der Waals surface area contributed by atoms with Gasteiger partial charge >= 0.3 is 0 Å². The molecule has 3 aliphatic heterocycles. The van der Waals surface area contributed by atoms with Gasteiger partial charge in [0.05, 0.1) is 42.5 Å². The number of nitrogens with zero attached hydrogens (tertiary/aromatic N) is 5. The number of fused-ring (bicyclic) bond motifs is 1. The maximum absolute atomic E-state index is 13.4. The van der Waals surface area contributed by atoms with Crippen LogP contribution in [0.1, 0.15) is 19.8 Å². The van der Waals surface area contributed by atoms with Gasteiger partial charge in [0.2, 0.25) is 17.8 Å². The normalized spacial score (nSPS) is 21.6. The van der Waals surface area contributed by atoms with E-state index in [4.69, 9.17) is 9.47 Å². The lowest BCUT2D eigenvalue weighted by Crippen LogP contribution is -2.45. The van der Waals surface area contributed by atoms with Crippen molar-refractivity contribution in [2.24, 2.45) is 0 Å². The minimum Gasteiger partial charge on any atom is -0.378 e. The molecule has 1 aromatic carbocycles. The molecule has 2 saturated heterocycles. The Morgan fingerprint density at radius 1 is 1.24 bits per heavy atom. The molecule has 176 valence electrons. The molecule has 2 amide bonds. The van der Waals surface area contributed by atoms with Gasteiger partial charge in [-0.3, -0.25) is 19.1 Å². The fraction of sp³-hybridized carbons (Fsp3) is 0.545. The molecule has 1 aromatic heterocycles. The minimum atomic E-state index is -0.450. The van der Waals surface area contributed by atoms with Crippen LogP contribution in [0.5, 0.6) is 0 Å². The topological polar surface area (TPSA) is 102 Å². The molecule has 4 heterocycles. The van der Waals surface area contributed by atoms with Gasteiger partial charge in [-0.25, -0.2) is 0 Å². The number of hydrogen-bond donors (Lipinski definition) is 1. The third-order valence-corrected chi connectivity index (χ3v) is 7.14. The van der Waals surface area contributed by atoms with Crippen LogP contribution in [0.4, 0.5) is 17.3 Å². The largest absolute Gasteiger partial charge is 0.378 e. The van der Waals surface area contributed by atoms with Crippen LogP contribution < -0.4 is 15.1 Å². The Morgan fingerprint density at radius 2 is 2.06 bits per heavy atom. The van der Waals surface area contributed by atoms with Crippen LogP contribution in [0, 0.1) is 0 Å².